The molecule has 2 rings (SSSR count). The van der Waals surface area contributed by atoms with Crippen molar-refractivity contribution in [3.05, 3.63) is 49.8 Å². The van der Waals surface area contributed by atoms with Crippen LogP contribution in [0.3, 0.4) is 0 Å². The molecule has 0 fully saturated rings. The Morgan fingerprint density at radius 1 is 1.11 bits per heavy atom. The van der Waals surface area contributed by atoms with E-state index in [4.69, 9.17) is 39.5 Å². The summed E-state index contributed by atoms with van der Waals surface area (Å²) in [6.45, 7) is 0. The van der Waals surface area contributed by atoms with Gasteiger partial charge in [0, 0.05) is 6.07 Å². The molecule has 94 valence electrons. The molecule has 0 aliphatic heterocycles. The molecule has 0 atom stereocenters. The highest BCUT2D eigenvalue weighted by Gasteiger charge is 2.12. The lowest BCUT2D eigenvalue weighted by Gasteiger charge is -2.09. The van der Waals surface area contributed by atoms with E-state index < -0.39 is 5.82 Å². The third-order valence-corrected chi connectivity index (χ3v) is 3.55. The van der Waals surface area contributed by atoms with Crippen molar-refractivity contribution in [3.8, 4) is 11.6 Å². The first-order valence-electron chi connectivity index (χ1n) is 4.62. The third-order valence-electron chi connectivity index (χ3n) is 1.95. The minimum atomic E-state index is -0.440. The largest absolute Gasteiger partial charge is 0.436 e. The lowest BCUT2D eigenvalue weighted by Crippen LogP contribution is -1.92. The summed E-state index contributed by atoms with van der Waals surface area (Å²) in [5.74, 6) is -0.149. The van der Waals surface area contributed by atoms with Crippen LogP contribution in [0.2, 0.25) is 15.2 Å². The molecule has 0 amide bonds. The van der Waals surface area contributed by atoms with Crippen LogP contribution in [-0.2, 0) is 0 Å². The van der Waals surface area contributed by atoms with E-state index in [1.165, 1.54) is 24.3 Å². The first kappa shape index (κ1) is 13.9. The molecule has 0 radical (unpaired) electrons. The molecule has 0 bridgehead atoms. The van der Waals surface area contributed by atoms with Crippen molar-refractivity contribution < 1.29 is 9.13 Å². The Bertz CT molecular complexity index is 609. The van der Waals surface area contributed by atoms with Crippen LogP contribution in [-0.4, -0.2) is 4.98 Å². The zero-order valence-electron chi connectivity index (χ0n) is 8.55. The number of rotatable bonds is 2. The van der Waals surface area contributed by atoms with Crippen LogP contribution < -0.4 is 4.74 Å². The Morgan fingerprint density at radius 3 is 2.56 bits per heavy atom. The molecule has 0 N–H and O–H groups in total. The van der Waals surface area contributed by atoms with Gasteiger partial charge in [0.2, 0.25) is 5.88 Å². The molecule has 0 unspecified atom stereocenters. The average molecular weight is 371 g/mol. The normalized spacial score (nSPS) is 10.5. The van der Waals surface area contributed by atoms with Crippen molar-refractivity contribution in [2.45, 2.75) is 0 Å². The topological polar surface area (TPSA) is 22.1 Å². The number of halogens is 5. The van der Waals surface area contributed by atoms with Crippen LogP contribution in [0.15, 0.2) is 28.7 Å². The molecule has 7 heteroatoms. The number of hydrogen-bond donors (Lipinski definition) is 0. The number of nitrogens with zero attached hydrogens (tertiary/aromatic N) is 1. The minimum absolute atomic E-state index is 0.0531. The molecule has 0 saturated heterocycles. The zero-order valence-corrected chi connectivity index (χ0v) is 12.4. The number of ether oxygens (including phenoxy) is 1. The Labute approximate surface area is 126 Å². The van der Waals surface area contributed by atoms with Crippen molar-refractivity contribution >= 4 is 50.7 Å². The SMILES string of the molecule is Fc1ccc(Br)c(Oc2nc(Cl)c(Cl)cc2Cl)c1. The summed E-state index contributed by atoms with van der Waals surface area (Å²) in [6, 6.07) is 5.41. The molecular formula is C11H4BrCl3FNO. The Balaban J connectivity index is 2.40. The van der Waals surface area contributed by atoms with Gasteiger partial charge in [0.1, 0.15) is 16.6 Å². The predicted octanol–water partition coefficient (Wildman–Crippen LogP) is 5.74. The summed E-state index contributed by atoms with van der Waals surface area (Å²) in [4.78, 5) is 3.87. The van der Waals surface area contributed by atoms with Gasteiger partial charge in [0.15, 0.2) is 5.15 Å². The molecule has 18 heavy (non-hydrogen) atoms. The van der Waals surface area contributed by atoms with Crippen LogP contribution in [0.5, 0.6) is 11.6 Å². The average Bonchev–Trinajstić information content (AvgIpc) is 2.30. The smallest absolute Gasteiger partial charge is 0.239 e. The van der Waals surface area contributed by atoms with E-state index in [1.807, 2.05) is 0 Å². The van der Waals surface area contributed by atoms with Crippen molar-refractivity contribution in [1.29, 1.82) is 0 Å². The van der Waals surface area contributed by atoms with E-state index in [9.17, 15) is 4.39 Å². The van der Waals surface area contributed by atoms with Gasteiger partial charge in [-0.1, -0.05) is 34.8 Å². The van der Waals surface area contributed by atoms with Gasteiger partial charge in [-0.05, 0) is 34.1 Å². The van der Waals surface area contributed by atoms with Gasteiger partial charge in [-0.25, -0.2) is 4.39 Å². The highest BCUT2D eigenvalue weighted by molar-refractivity contribution is 9.10. The lowest BCUT2D eigenvalue weighted by molar-refractivity contribution is 0.455. The molecule has 0 saturated carbocycles. The van der Waals surface area contributed by atoms with Gasteiger partial charge >= 0.3 is 0 Å². The van der Waals surface area contributed by atoms with Gasteiger partial charge in [-0.15, -0.1) is 0 Å². The fourth-order valence-electron chi connectivity index (χ4n) is 1.16. The van der Waals surface area contributed by atoms with E-state index in [-0.39, 0.29) is 26.8 Å². The van der Waals surface area contributed by atoms with Crippen LogP contribution in [0.4, 0.5) is 4.39 Å². The molecule has 1 aromatic heterocycles. The second kappa shape index (κ2) is 5.61. The first-order chi connectivity index (χ1) is 8.47. The minimum Gasteiger partial charge on any atom is -0.436 e. The molecule has 2 nitrogen and oxygen atoms in total. The summed E-state index contributed by atoms with van der Waals surface area (Å²) in [6.07, 6.45) is 0. The fraction of sp³-hybridized carbons (Fsp3) is 0. The summed E-state index contributed by atoms with van der Waals surface area (Å²) in [7, 11) is 0. The van der Waals surface area contributed by atoms with Crippen molar-refractivity contribution in [1.82, 2.24) is 4.98 Å². The fourth-order valence-corrected chi connectivity index (χ4v) is 2.02. The van der Waals surface area contributed by atoms with Gasteiger partial charge in [-0.2, -0.15) is 4.98 Å². The standard InChI is InChI=1S/C11H4BrCl3FNO/c12-6-2-1-5(16)3-9(6)18-11-8(14)4-7(13)10(15)17-11/h1-4H. The zero-order chi connectivity index (χ0) is 13.3. The summed E-state index contributed by atoms with van der Waals surface area (Å²) in [5.41, 5.74) is 0. The molecule has 2 aromatic rings. The number of aromatic nitrogens is 1. The van der Waals surface area contributed by atoms with Crippen molar-refractivity contribution in [3.63, 3.8) is 0 Å². The third kappa shape index (κ3) is 3.06. The maximum absolute atomic E-state index is 13.1. The van der Waals surface area contributed by atoms with Crippen LogP contribution in [0, 0.1) is 5.82 Å². The Hall–Kier alpha value is -0.550. The van der Waals surface area contributed by atoms with E-state index in [0.29, 0.717) is 4.47 Å². The monoisotopic (exact) mass is 369 g/mol. The van der Waals surface area contributed by atoms with E-state index >= 15 is 0 Å². The molecular weight excluding hydrogens is 367 g/mol. The highest BCUT2D eigenvalue weighted by Crippen LogP contribution is 2.35. The summed E-state index contributed by atoms with van der Waals surface area (Å²) in [5, 5.41) is 0.455. The molecule has 1 heterocycles. The maximum Gasteiger partial charge on any atom is 0.239 e. The van der Waals surface area contributed by atoms with Crippen LogP contribution in [0.25, 0.3) is 0 Å². The Morgan fingerprint density at radius 2 is 1.83 bits per heavy atom. The summed E-state index contributed by atoms with van der Waals surface area (Å²) >= 11 is 20.6. The number of benzene rings is 1. The lowest BCUT2D eigenvalue weighted by atomic mass is 10.3. The van der Waals surface area contributed by atoms with Crippen molar-refractivity contribution in [2.75, 3.05) is 0 Å². The Kier molecular flexibility index (Phi) is 4.33. The maximum atomic E-state index is 13.1. The van der Waals surface area contributed by atoms with E-state index in [2.05, 4.69) is 20.9 Å². The summed E-state index contributed by atoms with van der Waals surface area (Å²) < 4.78 is 19.0. The van der Waals surface area contributed by atoms with Gasteiger partial charge in [-0.3, -0.25) is 0 Å². The second-order valence-electron chi connectivity index (χ2n) is 3.22. The number of pyridine rings is 1. The van der Waals surface area contributed by atoms with E-state index in [1.54, 1.807) is 0 Å². The predicted molar refractivity (Wildman–Crippen MR) is 73.4 cm³/mol. The van der Waals surface area contributed by atoms with Gasteiger partial charge in [0.05, 0.1) is 9.50 Å². The number of hydrogen-bond acceptors (Lipinski definition) is 2. The second-order valence-corrected chi connectivity index (χ2v) is 5.25. The van der Waals surface area contributed by atoms with Crippen molar-refractivity contribution in [2.24, 2.45) is 0 Å². The quantitative estimate of drug-likeness (QED) is 0.629. The molecule has 0 spiro atoms. The van der Waals surface area contributed by atoms with Crippen LogP contribution in [0.1, 0.15) is 0 Å². The molecule has 0 aliphatic carbocycles. The highest BCUT2D eigenvalue weighted by atomic mass is 79.9. The van der Waals surface area contributed by atoms with Gasteiger partial charge in [0.25, 0.3) is 0 Å². The molecule has 0 aliphatic rings. The first-order valence-corrected chi connectivity index (χ1v) is 6.54. The van der Waals surface area contributed by atoms with Crippen LogP contribution >= 0.6 is 50.7 Å². The van der Waals surface area contributed by atoms with Gasteiger partial charge < -0.3 is 4.74 Å². The molecule has 1 aromatic carbocycles. The van der Waals surface area contributed by atoms with E-state index in [0.717, 1.165) is 0 Å².